The molecule has 1 atom stereocenters. The van der Waals surface area contributed by atoms with E-state index < -0.39 is 6.04 Å². The van der Waals surface area contributed by atoms with Crippen molar-refractivity contribution >= 4 is 40.1 Å². The number of nitrogens with one attached hydrogen (secondary N) is 1. The molecule has 34 heavy (non-hydrogen) atoms. The van der Waals surface area contributed by atoms with Crippen molar-refractivity contribution in [3.63, 3.8) is 0 Å². The maximum absolute atomic E-state index is 13.7. The van der Waals surface area contributed by atoms with E-state index in [2.05, 4.69) is 20.3 Å². The van der Waals surface area contributed by atoms with Crippen LogP contribution in [0.25, 0.3) is 16.6 Å². The van der Waals surface area contributed by atoms with Gasteiger partial charge in [0.2, 0.25) is 5.95 Å². The predicted octanol–water partition coefficient (Wildman–Crippen LogP) is 3.46. The Bertz CT molecular complexity index is 1460. The average molecular weight is 476 g/mol. The van der Waals surface area contributed by atoms with E-state index in [0.29, 0.717) is 33.9 Å². The van der Waals surface area contributed by atoms with Crippen LogP contribution in [-0.4, -0.2) is 24.5 Å². The molecule has 10 nitrogen and oxygen atoms in total. The molecule has 172 valence electrons. The molecular weight excluding hydrogens is 454 g/mol. The van der Waals surface area contributed by atoms with Gasteiger partial charge in [0.1, 0.15) is 23.3 Å². The van der Waals surface area contributed by atoms with Gasteiger partial charge in [0.25, 0.3) is 5.56 Å². The van der Waals surface area contributed by atoms with E-state index in [1.807, 2.05) is 19.9 Å². The summed E-state index contributed by atoms with van der Waals surface area (Å²) in [7, 11) is 0. The fourth-order valence-electron chi connectivity index (χ4n) is 3.75. The Kier molecular flexibility index (Phi) is 6.30. The van der Waals surface area contributed by atoms with Crippen molar-refractivity contribution in [1.29, 1.82) is 5.26 Å². The summed E-state index contributed by atoms with van der Waals surface area (Å²) in [5.41, 5.74) is 12.4. The normalized spacial score (nSPS) is 12.0. The molecule has 0 aliphatic rings. The SMILES string of the molecule is CC(C)CC(Nc1nc(N)nc(N)c1C#N)c1nc2cccc(Cl)c2c(=O)n1-c1cccnc1. The van der Waals surface area contributed by atoms with Gasteiger partial charge in [-0.25, -0.2) is 4.98 Å². The second-order valence-electron chi connectivity index (χ2n) is 8.08. The van der Waals surface area contributed by atoms with Crippen LogP contribution in [0, 0.1) is 17.2 Å². The third-order valence-electron chi connectivity index (χ3n) is 5.17. The number of nitrogen functional groups attached to an aromatic ring is 2. The Morgan fingerprint density at radius 3 is 2.65 bits per heavy atom. The van der Waals surface area contributed by atoms with Crippen molar-refractivity contribution in [3.05, 3.63) is 69.5 Å². The monoisotopic (exact) mass is 475 g/mol. The number of hydrogen-bond acceptors (Lipinski definition) is 9. The van der Waals surface area contributed by atoms with Gasteiger partial charge in [0, 0.05) is 6.20 Å². The van der Waals surface area contributed by atoms with Gasteiger partial charge in [-0.1, -0.05) is 31.5 Å². The van der Waals surface area contributed by atoms with Crippen LogP contribution in [0.4, 0.5) is 17.6 Å². The molecule has 1 unspecified atom stereocenters. The highest BCUT2D eigenvalue weighted by Crippen LogP contribution is 2.30. The highest BCUT2D eigenvalue weighted by atomic mass is 35.5. The van der Waals surface area contributed by atoms with E-state index in [0.717, 1.165) is 0 Å². The quantitative estimate of drug-likeness (QED) is 0.379. The van der Waals surface area contributed by atoms with Crippen molar-refractivity contribution in [2.45, 2.75) is 26.3 Å². The Morgan fingerprint density at radius 1 is 1.18 bits per heavy atom. The van der Waals surface area contributed by atoms with Gasteiger partial charge in [-0.2, -0.15) is 15.2 Å². The molecule has 5 N–H and O–H groups in total. The lowest BCUT2D eigenvalue weighted by Crippen LogP contribution is -2.29. The molecular formula is C23H22ClN9O. The van der Waals surface area contributed by atoms with Gasteiger partial charge in [-0.05, 0) is 36.6 Å². The van der Waals surface area contributed by atoms with Gasteiger partial charge in [0.05, 0.1) is 33.9 Å². The molecule has 0 spiro atoms. The molecule has 0 aliphatic heterocycles. The van der Waals surface area contributed by atoms with Crippen LogP contribution in [0.5, 0.6) is 0 Å². The molecule has 3 aromatic heterocycles. The Hall–Kier alpha value is -4.23. The molecule has 0 aliphatic carbocycles. The number of nitriles is 1. The lowest BCUT2D eigenvalue weighted by molar-refractivity contribution is 0.506. The number of fused-ring (bicyclic) bond motifs is 1. The highest BCUT2D eigenvalue weighted by Gasteiger charge is 2.25. The zero-order valence-corrected chi connectivity index (χ0v) is 19.3. The standard InChI is InChI=1S/C23H22ClN9O/c1-12(2)9-17(29-20-14(10-25)19(26)31-23(27)32-20)21-30-16-7-3-6-15(24)18(16)22(34)33(21)13-5-4-8-28-11-13/h3-8,11-12,17H,9H2,1-2H3,(H5,26,27,29,31,32). The number of nitrogens with two attached hydrogens (primary N) is 2. The summed E-state index contributed by atoms with van der Waals surface area (Å²) >= 11 is 6.38. The second kappa shape index (κ2) is 9.33. The molecule has 3 heterocycles. The van der Waals surface area contributed by atoms with Crippen molar-refractivity contribution in [3.8, 4) is 11.8 Å². The molecule has 4 aromatic rings. The molecule has 0 bridgehead atoms. The molecule has 0 saturated carbocycles. The zero-order valence-electron chi connectivity index (χ0n) is 18.5. The summed E-state index contributed by atoms with van der Waals surface area (Å²) in [6, 6.07) is 10.1. The van der Waals surface area contributed by atoms with E-state index in [1.165, 1.54) is 4.57 Å². The Labute approximate surface area is 200 Å². The number of nitrogens with zero attached hydrogens (tertiary/aromatic N) is 6. The summed E-state index contributed by atoms with van der Waals surface area (Å²) < 4.78 is 1.47. The highest BCUT2D eigenvalue weighted by molar-refractivity contribution is 6.35. The number of aromatic nitrogens is 5. The van der Waals surface area contributed by atoms with E-state index in [9.17, 15) is 10.1 Å². The van der Waals surface area contributed by atoms with E-state index in [1.54, 1.807) is 42.7 Å². The fourth-order valence-corrected chi connectivity index (χ4v) is 4.00. The van der Waals surface area contributed by atoms with Gasteiger partial charge >= 0.3 is 0 Å². The smallest absolute Gasteiger partial charge is 0.267 e. The number of anilines is 3. The number of rotatable bonds is 6. The molecule has 11 heteroatoms. The van der Waals surface area contributed by atoms with Crippen LogP contribution in [0.15, 0.2) is 47.5 Å². The van der Waals surface area contributed by atoms with Crippen molar-refractivity contribution in [2.24, 2.45) is 5.92 Å². The zero-order chi connectivity index (χ0) is 24.4. The van der Waals surface area contributed by atoms with E-state index in [-0.39, 0.29) is 34.6 Å². The summed E-state index contributed by atoms with van der Waals surface area (Å²) in [6.45, 7) is 4.07. The van der Waals surface area contributed by atoms with E-state index in [4.69, 9.17) is 28.1 Å². The van der Waals surface area contributed by atoms with Crippen LogP contribution < -0.4 is 22.3 Å². The maximum Gasteiger partial charge on any atom is 0.267 e. The van der Waals surface area contributed by atoms with Crippen LogP contribution in [-0.2, 0) is 0 Å². The summed E-state index contributed by atoms with van der Waals surface area (Å²) in [4.78, 5) is 30.7. The largest absolute Gasteiger partial charge is 0.382 e. The molecule has 0 amide bonds. The first-order chi connectivity index (χ1) is 16.3. The minimum atomic E-state index is -0.544. The third kappa shape index (κ3) is 4.33. The third-order valence-corrected chi connectivity index (χ3v) is 5.49. The minimum absolute atomic E-state index is 0.0382. The first-order valence-corrected chi connectivity index (χ1v) is 10.9. The van der Waals surface area contributed by atoms with Crippen molar-refractivity contribution in [1.82, 2.24) is 24.5 Å². The molecule has 0 saturated heterocycles. The van der Waals surface area contributed by atoms with Crippen LogP contribution in [0.1, 0.15) is 37.7 Å². The Balaban J connectivity index is 2.00. The number of halogens is 1. The second-order valence-corrected chi connectivity index (χ2v) is 8.49. The Morgan fingerprint density at radius 2 is 1.97 bits per heavy atom. The summed E-state index contributed by atoms with van der Waals surface area (Å²) in [6.07, 6.45) is 3.74. The van der Waals surface area contributed by atoms with Crippen LogP contribution >= 0.6 is 11.6 Å². The van der Waals surface area contributed by atoms with Crippen LogP contribution in [0.3, 0.4) is 0 Å². The van der Waals surface area contributed by atoms with Crippen molar-refractivity contribution in [2.75, 3.05) is 16.8 Å². The average Bonchev–Trinajstić information content (AvgIpc) is 2.78. The van der Waals surface area contributed by atoms with E-state index >= 15 is 0 Å². The number of hydrogen-bond donors (Lipinski definition) is 3. The fraction of sp³-hybridized carbons (Fsp3) is 0.217. The molecule has 0 radical (unpaired) electrons. The molecule has 4 rings (SSSR count). The van der Waals surface area contributed by atoms with Crippen molar-refractivity contribution < 1.29 is 0 Å². The van der Waals surface area contributed by atoms with Gasteiger partial charge in [0.15, 0.2) is 5.82 Å². The minimum Gasteiger partial charge on any atom is -0.382 e. The summed E-state index contributed by atoms with van der Waals surface area (Å²) in [5.74, 6) is 0.639. The number of benzene rings is 1. The van der Waals surface area contributed by atoms with Gasteiger partial charge in [-0.3, -0.25) is 14.3 Å². The first kappa shape index (κ1) is 22.9. The summed E-state index contributed by atoms with van der Waals surface area (Å²) in [5, 5.41) is 13.5. The topological polar surface area (TPSA) is 161 Å². The molecule has 0 fully saturated rings. The van der Waals surface area contributed by atoms with Gasteiger partial charge in [-0.15, -0.1) is 0 Å². The maximum atomic E-state index is 13.7. The predicted molar refractivity (Wildman–Crippen MR) is 132 cm³/mol. The number of pyridine rings is 1. The lowest BCUT2D eigenvalue weighted by atomic mass is 10.0. The first-order valence-electron chi connectivity index (χ1n) is 10.5. The van der Waals surface area contributed by atoms with Crippen LogP contribution in [0.2, 0.25) is 5.02 Å². The van der Waals surface area contributed by atoms with Gasteiger partial charge < -0.3 is 16.8 Å². The lowest BCUT2D eigenvalue weighted by Gasteiger charge is -2.25. The molecule has 1 aromatic carbocycles.